The molecule has 0 unspecified atom stereocenters. The van der Waals surface area contributed by atoms with Crippen LogP contribution in [0.5, 0.6) is 0 Å². The van der Waals surface area contributed by atoms with Gasteiger partial charge in [0.05, 0.1) is 12.0 Å². The molecule has 0 bridgehead atoms. The molecule has 1 aromatic carbocycles. The van der Waals surface area contributed by atoms with Crippen LogP contribution in [0.15, 0.2) is 29.3 Å². The van der Waals surface area contributed by atoms with Gasteiger partial charge in [-0.1, -0.05) is 23.7 Å². The lowest BCUT2D eigenvalue weighted by Crippen LogP contribution is -2.20. The predicted molar refractivity (Wildman–Crippen MR) is 60.6 cm³/mol. The van der Waals surface area contributed by atoms with E-state index in [0.29, 0.717) is 0 Å². The molecule has 3 heteroatoms. The van der Waals surface area contributed by atoms with Gasteiger partial charge in [0.1, 0.15) is 6.61 Å². The molecule has 0 saturated heterocycles. The first-order chi connectivity index (χ1) is 7.31. The van der Waals surface area contributed by atoms with E-state index in [1.54, 1.807) is 0 Å². The molecule has 1 heterocycles. The molecule has 1 fully saturated rings. The molecule has 15 heavy (non-hydrogen) atoms. The third-order valence-corrected chi connectivity index (χ3v) is 3.39. The van der Waals surface area contributed by atoms with Gasteiger partial charge in [-0.25, -0.2) is 0 Å². The van der Waals surface area contributed by atoms with Crippen LogP contribution in [-0.2, 0) is 10.2 Å². The number of halogens is 1. The monoisotopic (exact) mass is 221 g/mol. The smallest absolute Gasteiger partial charge is 0.194 e. The second-order valence-corrected chi connectivity index (χ2v) is 4.56. The van der Waals surface area contributed by atoms with Crippen LogP contribution in [0.4, 0.5) is 0 Å². The van der Waals surface area contributed by atoms with Gasteiger partial charge in [0.25, 0.3) is 0 Å². The first kappa shape index (κ1) is 9.22. The highest BCUT2D eigenvalue weighted by Crippen LogP contribution is 2.50. The van der Waals surface area contributed by atoms with Crippen LogP contribution in [0.25, 0.3) is 0 Å². The summed E-state index contributed by atoms with van der Waals surface area (Å²) >= 11 is 5.88. The Morgan fingerprint density at radius 3 is 2.47 bits per heavy atom. The van der Waals surface area contributed by atoms with E-state index in [2.05, 4.69) is 17.1 Å². The number of hydrogen-bond donors (Lipinski definition) is 0. The molecule has 0 spiro atoms. The third-order valence-electron chi connectivity index (χ3n) is 3.14. The Labute approximate surface area is 93.9 Å². The highest BCUT2D eigenvalue weighted by atomic mass is 35.5. The van der Waals surface area contributed by atoms with E-state index in [1.807, 2.05) is 12.1 Å². The van der Waals surface area contributed by atoms with Crippen LogP contribution >= 0.6 is 11.6 Å². The molecule has 3 rings (SSSR count). The van der Waals surface area contributed by atoms with Crippen molar-refractivity contribution in [3.8, 4) is 0 Å². The Hall–Kier alpha value is -1.02. The molecule has 0 aromatic heterocycles. The van der Waals surface area contributed by atoms with E-state index in [4.69, 9.17) is 16.3 Å². The van der Waals surface area contributed by atoms with Crippen molar-refractivity contribution < 1.29 is 4.74 Å². The molecular weight excluding hydrogens is 210 g/mol. The molecule has 1 saturated carbocycles. The Balaban J connectivity index is 1.96. The fourth-order valence-electron chi connectivity index (χ4n) is 2.14. The lowest BCUT2D eigenvalue weighted by molar-refractivity contribution is 0.330. The van der Waals surface area contributed by atoms with Gasteiger partial charge >= 0.3 is 0 Å². The Morgan fingerprint density at radius 2 is 1.93 bits per heavy atom. The van der Waals surface area contributed by atoms with E-state index in [-0.39, 0.29) is 5.41 Å². The summed E-state index contributed by atoms with van der Waals surface area (Å²) in [5.74, 6) is 0.935. The molecule has 1 aromatic rings. The molecule has 0 N–H and O–H groups in total. The third kappa shape index (κ3) is 1.44. The van der Waals surface area contributed by atoms with Gasteiger partial charge in [0, 0.05) is 5.02 Å². The first-order valence-electron chi connectivity index (χ1n) is 5.25. The zero-order valence-corrected chi connectivity index (χ0v) is 9.13. The van der Waals surface area contributed by atoms with Gasteiger partial charge in [-0.3, -0.25) is 4.99 Å². The van der Waals surface area contributed by atoms with E-state index in [9.17, 15) is 0 Å². The quantitative estimate of drug-likeness (QED) is 0.753. The van der Waals surface area contributed by atoms with Crippen molar-refractivity contribution in [3.63, 3.8) is 0 Å². The van der Waals surface area contributed by atoms with Crippen LogP contribution in [-0.4, -0.2) is 19.0 Å². The van der Waals surface area contributed by atoms with Crippen LogP contribution in [0.3, 0.4) is 0 Å². The minimum absolute atomic E-state index is 0.0844. The molecule has 0 atom stereocenters. The highest BCUT2D eigenvalue weighted by molar-refractivity contribution is 6.30. The lowest BCUT2D eigenvalue weighted by Gasteiger charge is -2.15. The largest absolute Gasteiger partial charge is 0.478 e. The molecule has 1 aliphatic heterocycles. The second kappa shape index (κ2) is 3.24. The van der Waals surface area contributed by atoms with Crippen LogP contribution < -0.4 is 0 Å². The summed E-state index contributed by atoms with van der Waals surface area (Å²) in [5.41, 5.74) is 1.37. The van der Waals surface area contributed by atoms with E-state index in [1.165, 1.54) is 5.56 Å². The summed E-state index contributed by atoms with van der Waals surface area (Å²) in [4.78, 5) is 4.43. The van der Waals surface area contributed by atoms with Gasteiger partial charge in [0.2, 0.25) is 0 Å². The number of ether oxygens (including phenoxy) is 1. The summed E-state index contributed by atoms with van der Waals surface area (Å²) in [5, 5.41) is 0.781. The average molecular weight is 222 g/mol. The van der Waals surface area contributed by atoms with Crippen LogP contribution in [0.2, 0.25) is 5.02 Å². The van der Waals surface area contributed by atoms with Crippen molar-refractivity contribution in [2.75, 3.05) is 13.2 Å². The van der Waals surface area contributed by atoms with E-state index >= 15 is 0 Å². The molecule has 1 aliphatic carbocycles. The fourth-order valence-corrected chi connectivity index (χ4v) is 2.27. The highest BCUT2D eigenvalue weighted by Gasteiger charge is 2.51. The maximum absolute atomic E-state index is 5.88. The van der Waals surface area contributed by atoms with Gasteiger partial charge in [0.15, 0.2) is 5.90 Å². The summed E-state index contributed by atoms with van der Waals surface area (Å²) in [7, 11) is 0. The Morgan fingerprint density at radius 1 is 1.20 bits per heavy atom. The summed E-state index contributed by atoms with van der Waals surface area (Å²) in [6, 6.07) is 8.04. The van der Waals surface area contributed by atoms with Crippen molar-refractivity contribution in [1.82, 2.24) is 0 Å². The molecule has 0 radical (unpaired) electrons. The molecule has 2 nitrogen and oxygen atoms in total. The van der Waals surface area contributed by atoms with Crippen LogP contribution in [0.1, 0.15) is 18.4 Å². The topological polar surface area (TPSA) is 21.6 Å². The standard InChI is InChI=1S/C12H12ClNO/c13-10-3-1-9(2-4-10)12(5-6-12)11-14-7-8-15-11/h1-4H,5-8H2. The maximum Gasteiger partial charge on any atom is 0.194 e. The summed E-state index contributed by atoms with van der Waals surface area (Å²) < 4.78 is 5.58. The number of hydrogen-bond acceptors (Lipinski definition) is 2. The minimum atomic E-state index is 0.0844. The first-order valence-corrected chi connectivity index (χ1v) is 5.63. The number of aliphatic imine (C=N–C) groups is 1. The Kier molecular flexibility index (Phi) is 1.99. The van der Waals surface area contributed by atoms with Gasteiger partial charge in [-0.15, -0.1) is 0 Å². The summed E-state index contributed by atoms with van der Waals surface area (Å²) in [6.07, 6.45) is 2.29. The number of benzene rings is 1. The molecular formula is C12H12ClNO. The normalized spacial score (nSPS) is 22.1. The molecule has 0 amide bonds. The predicted octanol–water partition coefficient (Wildman–Crippen LogP) is 2.80. The van der Waals surface area contributed by atoms with Crippen molar-refractivity contribution in [2.24, 2.45) is 4.99 Å². The number of nitrogens with zero attached hydrogens (tertiary/aromatic N) is 1. The van der Waals surface area contributed by atoms with Crippen molar-refractivity contribution in [1.29, 1.82) is 0 Å². The Bertz CT molecular complexity index is 406. The van der Waals surface area contributed by atoms with Gasteiger partial charge in [-0.2, -0.15) is 0 Å². The fraction of sp³-hybridized carbons (Fsp3) is 0.417. The SMILES string of the molecule is Clc1ccc(C2(C3=NCCO3)CC2)cc1. The van der Waals surface area contributed by atoms with Crippen molar-refractivity contribution >= 4 is 17.5 Å². The zero-order chi connectivity index (χ0) is 10.3. The maximum atomic E-state index is 5.88. The van der Waals surface area contributed by atoms with Crippen molar-refractivity contribution in [3.05, 3.63) is 34.9 Å². The van der Waals surface area contributed by atoms with Gasteiger partial charge in [-0.05, 0) is 30.5 Å². The van der Waals surface area contributed by atoms with Crippen molar-refractivity contribution in [2.45, 2.75) is 18.3 Å². The van der Waals surface area contributed by atoms with E-state index < -0.39 is 0 Å². The molecule has 78 valence electrons. The minimum Gasteiger partial charge on any atom is -0.478 e. The zero-order valence-electron chi connectivity index (χ0n) is 8.37. The number of rotatable bonds is 2. The van der Waals surface area contributed by atoms with Gasteiger partial charge < -0.3 is 4.74 Å². The lowest BCUT2D eigenvalue weighted by atomic mass is 9.96. The molecule has 2 aliphatic rings. The summed E-state index contributed by atoms with van der Waals surface area (Å²) in [6.45, 7) is 1.55. The second-order valence-electron chi connectivity index (χ2n) is 4.12. The average Bonchev–Trinajstić information content (AvgIpc) is 2.88. The van der Waals surface area contributed by atoms with E-state index in [0.717, 1.165) is 36.9 Å². The van der Waals surface area contributed by atoms with Crippen LogP contribution in [0, 0.1) is 0 Å².